The Bertz CT molecular complexity index is 527. The van der Waals surface area contributed by atoms with Gasteiger partial charge in [0.15, 0.2) is 5.96 Å². The Kier molecular flexibility index (Phi) is 7.88. The number of guanidine groups is 1. The molecule has 7 heteroatoms. The molecule has 1 aromatic heterocycles. The van der Waals surface area contributed by atoms with Crippen LogP contribution < -0.4 is 5.32 Å². The molecule has 0 aromatic carbocycles. The second-order valence-electron chi connectivity index (χ2n) is 6.25. The zero-order valence-corrected chi connectivity index (χ0v) is 15.7. The van der Waals surface area contributed by atoms with Crippen molar-refractivity contribution in [1.29, 1.82) is 0 Å². The van der Waals surface area contributed by atoms with Gasteiger partial charge < -0.3 is 24.3 Å². The van der Waals surface area contributed by atoms with Crippen molar-refractivity contribution in [2.45, 2.75) is 19.4 Å². The molecule has 1 aromatic rings. The van der Waals surface area contributed by atoms with Crippen molar-refractivity contribution < 1.29 is 9.47 Å². The molecular formula is C17H29ClN4O2. The second kappa shape index (κ2) is 9.91. The number of ether oxygens (including phenoxy) is 2. The lowest BCUT2D eigenvalue weighted by Crippen LogP contribution is -2.39. The van der Waals surface area contributed by atoms with E-state index in [1.807, 2.05) is 30.9 Å². The SMILES string of the molecule is CN=C(NCCCOCC1CCOC1)N(C)Cc1cc(Cl)cn1C. The molecular weight excluding hydrogens is 328 g/mol. The molecule has 1 saturated heterocycles. The van der Waals surface area contributed by atoms with E-state index in [4.69, 9.17) is 21.1 Å². The molecule has 0 saturated carbocycles. The number of aromatic nitrogens is 1. The number of hydrogen-bond donors (Lipinski definition) is 1. The number of nitrogens with one attached hydrogen (secondary N) is 1. The van der Waals surface area contributed by atoms with Crippen molar-refractivity contribution in [2.75, 3.05) is 47.1 Å². The molecule has 1 fully saturated rings. The van der Waals surface area contributed by atoms with E-state index in [-0.39, 0.29) is 0 Å². The van der Waals surface area contributed by atoms with Crippen LogP contribution in [0.2, 0.25) is 5.02 Å². The summed E-state index contributed by atoms with van der Waals surface area (Å²) in [7, 11) is 5.82. The summed E-state index contributed by atoms with van der Waals surface area (Å²) in [5.74, 6) is 1.45. The Morgan fingerprint density at radius 1 is 1.58 bits per heavy atom. The Labute approximate surface area is 149 Å². The zero-order chi connectivity index (χ0) is 17.4. The van der Waals surface area contributed by atoms with E-state index in [2.05, 4.69) is 15.2 Å². The molecule has 2 rings (SSSR count). The quantitative estimate of drug-likeness (QED) is 0.440. The summed E-state index contributed by atoms with van der Waals surface area (Å²) in [4.78, 5) is 6.42. The van der Waals surface area contributed by atoms with Crippen LogP contribution >= 0.6 is 11.6 Å². The first-order valence-corrected chi connectivity index (χ1v) is 8.86. The molecule has 1 aliphatic heterocycles. The van der Waals surface area contributed by atoms with Crippen LogP contribution in [-0.2, 0) is 23.1 Å². The topological polar surface area (TPSA) is 51.0 Å². The van der Waals surface area contributed by atoms with Crippen LogP contribution in [0.5, 0.6) is 0 Å². The molecule has 1 atom stereocenters. The van der Waals surface area contributed by atoms with E-state index in [1.165, 1.54) is 0 Å². The molecule has 1 aliphatic rings. The van der Waals surface area contributed by atoms with Crippen molar-refractivity contribution >= 4 is 17.6 Å². The third-order valence-corrected chi connectivity index (χ3v) is 4.38. The Morgan fingerprint density at radius 3 is 3.04 bits per heavy atom. The summed E-state index contributed by atoms with van der Waals surface area (Å²) >= 11 is 6.03. The van der Waals surface area contributed by atoms with Gasteiger partial charge in [0.1, 0.15) is 0 Å². The Hall–Kier alpha value is -1.24. The summed E-state index contributed by atoms with van der Waals surface area (Å²) < 4.78 is 13.1. The van der Waals surface area contributed by atoms with Crippen molar-refractivity contribution in [2.24, 2.45) is 18.0 Å². The van der Waals surface area contributed by atoms with Gasteiger partial charge in [0.25, 0.3) is 0 Å². The van der Waals surface area contributed by atoms with Crippen LogP contribution in [0.4, 0.5) is 0 Å². The molecule has 0 radical (unpaired) electrons. The predicted molar refractivity (Wildman–Crippen MR) is 97.6 cm³/mol. The Morgan fingerprint density at radius 2 is 2.42 bits per heavy atom. The van der Waals surface area contributed by atoms with Crippen LogP contribution in [0.3, 0.4) is 0 Å². The highest BCUT2D eigenvalue weighted by molar-refractivity contribution is 6.30. The van der Waals surface area contributed by atoms with Gasteiger partial charge in [-0.3, -0.25) is 4.99 Å². The predicted octanol–water partition coefficient (Wildman–Crippen LogP) is 2.13. The van der Waals surface area contributed by atoms with Gasteiger partial charge in [0, 0.05) is 58.7 Å². The third-order valence-electron chi connectivity index (χ3n) is 4.17. The maximum Gasteiger partial charge on any atom is 0.193 e. The average Bonchev–Trinajstić information content (AvgIpc) is 3.16. The monoisotopic (exact) mass is 356 g/mol. The van der Waals surface area contributed by atoms with Gasteiger partial charge in [-0.25, -0.2) is 0 Å². The number of aliphatic imine (C=N–C) groups is 1. The fourth-order valence-electron chi connectivity index (χ4n) is 2.77. The summed E-state index contributed by atoms with van der Waals surface area (Å²) in [6, 6.07) is 1.98. The van der Waals surface area contributed by atoms with Gasteiger partial charge in [-0.15, -0.1) is 0 Å². The normalized spacial score (nSPS) is 18.2. The molecule has 0 amide bonds. The van der Waals surface area contributed by atoms with Gasteiger partial charge in [-0.1, -0.05) is 11.6 Å². The van der Waals surface area contributed by atoms with Crippen LogP contribution in [0, 0.1) is 5.92 Å². The molecule has 0 spiro atoms. The smallest absolute Gasteiger partial charge is 0.193 e. The summed E-state index contributed by atoms with van der Waals surface area (Å²) in [6.07, 6.45) is 3.99. The number of hydrogen-bond acceptors (Lipinski definition) is 3. The summed E-state index contributed by atoms with van der Waals surface area (Å²) in [5, 5.41) is 4.13. The second-order valence-corrected chi connectivity index (χ2v) is 6.69. The van der Waals surface area contributed by atoms with Gasteiger partial charge in [0.05, 0.1) is 24.8 Å². The highest BCUT2D eigenvalue weighted by Gasteiger charge is 2.15. The zero-order valence-electron chi connectivity index (χ0n) is 14.9. The van der Waals surface area contributed by atoms with Gasteiger partial charge in [0.2, 0.25) is 0 Å². The van der Waals surface area contributed by atoms with Crippen LogP contribution in [0.15, 0.2) is 17.3 Å². The first-order valence-electron chi connectivity index (χ1n) is 8.48. The third kappa shape index (κ3) is 6.00. The average molecular weight is 357 g/mol. The highest BCUT2D eigenvalue weighted by atomic mass is 35.5. The van der Waals surface area contributed by atoms with Crippen molar-refractivity contribution in [3.8, 4) is 0 Å². The van der Waals surface area contributed by atoms with E-state index < -0.39 is 0 Å². The molecule has 0 bridgehead atoms. The largest absolute Gasteiger partial charge is 0.381 e. The van der Waals surface area contributed by atoms with Gasteiger partial charge >= 0.3 is 0 Å². The standard InChI is InChI=1S/C17H29ClN4O2/c1-19-17(22(3)11-16-9-15(18)10-21(16)2)20-6-4-7-23-12-14-5-8-24-13-14/h9-10,14H,4-8,11-13H2,1-3H3,(H,19,20). The van der Waals surface area contributed by atoms with Crippen molar-refractivity contribution in [3.05, 3.63) is 23.0 Å². The van der Waals surface area contributed by atoms with Crippen molar-refractivity contribution in [3.63, 3.8) is 0 Å². The highest BCUT2D eigenvalue weighted by Crippen LogP contribution is 2.14. The lowest BCUT2D eigenvalue weighted by molar-refractivity contribution is 0.0887. The van der Waals surface area contributed by atoms with Gasteiger partial charge in [-0.2, -0.15) is 0 Å². The van der Waals surface area contributed by atoms with E-state index in [1.54, 1.807) is 7.05 Å². The van der Waals surface area contributed by atoms with Gasteiger partial charge in [-0.05, 0) is 18.9 Å². The fraction of sp³-hybridized carbons (Fsp3) is 0.706. The fourth-order valence-corrected chi connectivity index (χ4v) is 3.04. The van der Waals surface area contributed by atoms with E-state index >= 15 is 0 Å². The van der Waals surface area contributed by atoms with Crippen molar-refractivity contribution in [1.82, 2.24) is 14.8 Å². The number of aryl methyl sites for hydroxylation is 1. The lowest BCUT2D eigenvalue weighted by Gasteiger charge is -2.22. The minimum atomic E-state index is 0.578. The Balaban J connectivity index is 1.63. The number of nitrogens with zero attached hydrogens (tertiary/aromatic N) is 3. The van der Waals surface area contributed by atoms with E-state index in [0.29, 0.717) is 5.92 Å². The summed E-state index contributed by atoms with van der Waals surface area (Å²) in [6.45, 7) is 4.89. The molecule has 136 valence electrons. The maximum atomic E-state index is 6.03. The maximum absolute atomic E-state index is 6.03. The number of rotatable bonds is 8. The van der Waals surface area contributed by atoms with E-state index in [0.717, 1.165) is 69.0 Å². The first-order chi connectivity index (χ1) is 11.6. The molecule has 1 N–H and O–H groups in total. The first kappa shape index (κ1) is 19.1. The molecule has 2 heterocycles. The van der Waals surface area contributed by atoms with Crippen LogP contribution in [0.1, 0.15) is 18.5 Å². The molecule has 0 aliphatic carbocycles. The molecule has 24 heavy (non-hydrogen) atoms. The molecule has 1 unspecified atom stereocenters. The lowest BCUT2D eigenvalue weighted by atomic mass is 10.1. The minimum absolute atomic E-state index is 0.578. The van der Waals surface area contributed by atoms with Crippen LogP contribution in [0.25, 0.3) is 0 Å². The summed E-state index contributed by atoms with van der Waals surface area (Å²) in [5.41, 5.74) is 1.15. The minimum Gasteiger partial charge on any atom is -0.381 e. The van der Waals surface area contributed by atoms with Crippen LogP contribution in [-0.4, -0.2) is 62.5 Å². The molecule has 6 nitrogen and oxygen atoms in total. The van der Waals surface area contributed by atoms with E-state index in [9.17, 15) is 0 Å². The number of halogens is 1.